The van der Waals surface area contributed by atoms with Crippen LogP contribution in [0.2, 0.25) is 0 Å². The third-order valence-corrected chi connectivity index (χ3v) is 19.1. The van der Waals surface area contributed by atoms with Gasteiger partial charge in [0.05, 0.1) is 0 Å². The molecule has 0 aliphatic heterocycles. The summed E-state index contributed by atoms with van der Waals surface area (Å²) in [7, 11) is 0. The van der Waals surface area contributed by atoms with E-state index in [2.05, 4.69) is 41.5 Å². The van der Waals surface area contributed by atoms with Crippen molar-refractivity contribution in [2.24, 2.45) is 35.5 Å². The fourth-order valence-corrected chi connectivity index (χ4v) is 14.4. The van der Waals surface area contributed by atoms with Crippen LogP contribution in [0.1, 0.15) is 237 Å². The quantitative estimate of drug-likeness (QED) is 0.0548. The van der Waals surface area contributed by atoms with Crippen molar-refractivity contribution in [2.45, 2.75) is 237 Å². The summed E-state index contributed by atoms with van der Waals surface area (Å²) in [4.78, 5) is 76.3. The van der Waals surface area contributed by atoms with E-state index in [0.717, 1.165) is 116 Å². The molecule has 0 aromatic carbocycles. The predicted octanol–water partition coefficient (Wildman–Crippen LogP) is 12.5. The molecular weight excluding hydrogens is 1190 g/mol. The van der Waals surface area contributed by atoms with E-state index in [1.165, 1.54) is 0 Å². The molecule has 0 saturated carbocycles. The Hall–Kier alpha value is -1.41. The molecule has 364 valence electrons. The molecule has 12 nitrogen and oxygen atoms in total. The fraction of sp³-hybridized carbons (Fsp3) is 0.875. The van der Waals surface area contributed by atoms with Crippen molar-refractivity contribution in [1.82, 2.24) is 0 Å². The molecule has 0 aliphatic rings. The van der Waals surface area contributed by atoms with Gasteiger partial charge in [0.25, 0.3) is 0 Å². The van der Waals surface area contributed by atoms with Crippen LogP contribution in [0.3, 0.4) is 0 Å². The zero-order chi connectivity index (χ0) is 47.3. The average Bonchev–Trinajstić information content (AvgIpc) is 3.25. The molecule has 0 aromatic heterocycles. The SMILES string of the molecule is CCCCC(CC)C(=O)[O][Bi]([O]C(=O)C(CC)CCCC)[O]C(=O)C(CC)CCCC.CCCCC(CC)C(=O)[O][Bi]([O]C(=O)C(CC)CCCC)[O]C(=O)C(CC)CCCC. The normalized spacial score (nSPS) is 14.0. The van der Waals surface area contributed by atoms with E-state index in [9.17, 15) is 28.8 Å². The van der Waals surface area contributed by atoms with Gasteiger partial charge in [0.15, 0.2) is 0 Å². The molecule has 0 heterocycles. The Balaban J connectivity index is 0. The van der Waals surface area contributed by atoms with Crippen molar-refractivity contribution in [1.29, 1.82) is 0 Å². The molecule has 0 bridgehead atoms. The Labute approximate surface area is 397 Å². The molecule has 0 rings (SSSR count). The molecule has 0 amide bonds. The second-order valence-electron chi connectivity index (χ2n) is 16.4. The number of hydrogen-bond acceptors (Lipinski definition) is 12. The summed E-state index contributed by atoms with van der Waals surface area (Å²) >= 11 is -8.08. The van der Waals surface area contributed by atoms with Crippen molar-refractivity contribution < 1.29 is 45.6 Å². The maximum absolute atomic E-state index is 12.7. The van der Waals surface area contributed by atoms with Crippen molar-refractivity contribution in [3.05, 3.63) is 0 Å². The van der Waals surface area contributed by atoms with E-state index in [0.29, 0.717) is 38.5 Å². The van der Waals surface area contributed by atoms with E-state index >= 15 is 0 Å². The van der Waals surface area contributed by atoms with Crippen LogP contribution < -0.4 is 0 Å². The number of rotatable bonds is 36. The second-order valence-corrected chi connectivity index (χ2v) is 24.1. The predicted molar refractivity (Wildman–Crippen MR) is 248 cm³/mol. The van der Waals surface area contributed by atoms with Crippen LogP contribution in [-0.4, -0.2) is 82.0 Å². The molecule has 0 N–H and O–H groups in total. The van der Waals surface area contributed by atoms with E-state index in [-0.39, 0.29) is 35.5 Å². The summed E-state index contributed by atoms with van der Waals surface area (Å²) < 4.78 is 33.7. The molecule has 6 unspecified atom stereocenters. The van der Waals surface area contributed by atoms with Gasteiger partial charge in [-0.05, 0) is 0 Å². The molecule has 6 atom stereocenters. The van der Waals surface area contributed by atoms with Crippen LogP contribution in [-0.2, 0) is 45.6 Å². The molecule has 0 fully saturated rings. The Morgan fingerprint density at radius 1 is 0.274 bits per heavy atom. The summed E-state index contributed by atoms with van der Waals surface area (Å²) in [6, 6.07) is 0. The van der Waals surface area contributed by atoms with Crippen LogP contribution in [0.5, 0.6) is 0 Å². The molecular formula is C48H90Bi2O12. The van der Waals surface area contributed by atoms with Crippen molar-refractivity contribution in [3.63, 3.8) is 0 Å². The summed E-state index contributed by atoms with van der Waals surface area (Å²) in [5.74, 6) is -3.85. The van der Waals surface area contributed by atoms with Crippen molar-refractivity contribution in [3.8, 4) is 0 Å². The third kappa shape index (κ3) is 28.5. The van der Waals surface area contributed by atoms with E-state index in [1.54, 1.807) is 0 Å². The number of hydrogen-bond donors (Lipinski definition) is 0. The van der Waals surface area contributed by atoms with Gasteiger partial charge in [-0.2, -0.15) is 0 Å². The van der Waals surface area contributed by atoms with Gasteiger partial charge < -0.3 is 0 Å². The van der Waals surface area contributed by atoms with Gasteiger partial charge in [-0.1, -0.05) is 0 Å². The first-order valence-electron chi connectivity index (χ1n) is 24.7. The van der Waals surface area contributed by atoms with Crippen LogP contribution in [0.25, 0.3) is 0 Å². The molecule has 0 aliphatic carbocycles. The Kier molecular flexibility index (Phi) is 41.5. The minimum absolute atomic E-state index is 0.251. The van der Waals surface area contributed by atoms with Crippen LogP contribution >= 0.6 is 0 Å². The summed E-state index contributed by atoms with van der Waals surface area (Å²) in [5.41, 5.74) is 0. The number of unbranched alkanes of at least 4 members (excludes halogenated alkanes) is 6. The minimum atomic E-state index is -4.04. The first-order valence-corrected chi connectivity index (χ1v) is 33.2. The Morgan fingerprint density at radius 3 is 0.500 bits per heavy atom. The molecule has 0 radical (unpaired) electrons. The number of carbonyl (C=O) groups is 6. The molecule has 0 aromatic rings. The van der Waals surface area contributed by atoms with Crippen molar-refractivity contribution in [2.75, 3.05) is 0 Å². The summed E-state index contributed by atoms with van der Waals surface area (Å²) in [6.07, 6.45) is 19.8. The van der Waals surface area contributed by atoms with Gasteiger partial charge in [-0.3, -0.25) is 0 Å². The van der Waals surface area contributed by atoms with Crippen LogP contribution in [0, 0.1) is 35.5 Å². The maximum atomic E-state index is 12.7. The van der Waals surface area contributed by atoms with Gasteiger partial charge in [-0.25, -0.2) is 0 Å². The van der Waals surface area contributed by atoms with Gasteiger partial charge in [0.2, 0.25) is 0 Å². The number of carbonyl (C=O) groups excluding carboxylic acids is 6. The first kappa shape index (κ1) is 62.7. The van der Waals surface area contributed by atoms with Crippen molar-refractivity contribution >= 4 is 82.0 Å². The molecule has 0 saturated heterocycles. The van der Waals surface area contributed by atoms with E-state index < -0.39 is 82.0 Å². The Bertz CT molecular complexity index is 968. The summed E-state index contributed by atoms with van der Waals surface area (Å²) in [6.45, 7) is 24.1. The van der Waals surface area contributed by atoms with Gasteiger partial charge >= 0.3 is 400 Å². The monoisotopic (exact) mass is 1280 g/mol. The van der Waals surface area contributed by atoms with Gasteiger partial charge in [-0.15, -0.1) is 0 Å². The summed E-state index contributed by atoms with van der Waals surface area (Å²) in [5, 5.41) is 0. The topological polar surface area (TPSA) is 158 Å². The van der Waals surface area contributed by atoms with E-state index in [4.69, 9.17) is 16.9 Å². The molecule has 62 heavy (non-hydrogen) atoms. The molecule has 14 heteroatoms. The van der Waals surface area contributed by atoms with Gasteiger partial charge in [0.1, 0.15) is 0 Å². The fourth-order valence-electron chi connectivity index (χ4n) is 6.63. The zero-order valence-electron chi connectivity index (χ0n) is 41.2. The van der Waals surface area contributed by atoms with Crippen LogP contribution in [0.4, 0.5) is 0 Å². The third-order valence-electron chi connectivity index (χ3n) is 11.4. The first-order chi connectivity index (χ1) is 29.7. The van der Waals surface area contributed by atoms with Crippen LogP contribution in [0.15, 0.2) is 0 Å². The van der Waals surface area contributed by atoms with E-state index in [1.807, 2.05) is 41.5 Å². The molecule has 0 spiro atoms. The second kappa shape index (κ2) is 41.0. The average molecular weight is 1280 g/mol. The zero-order valence-corrected chi connectivity index (χ0v) is 48.2. The standard InChI is InChI=1S/6C8H16O2.2Bi/c6*1-3-5-6-7(4-2)8(9)10;;/h6*7H,3-6H2,1-2H3,(H,9,10);;/q;;;;;;2*+3/p-6. The van der Waals surface area contributed by atoms with Gasteiger partial charge in [0, 0.05) is 0 Å². The Morgan fingerprint density at radius 2 is 0.403 bits per heavy atom.